The van der Waals surface area contributed by atoms with E-state index in [0.29, 0.717) is 97.9 Å². The average molecular weight is 1240 g/mol. The standard InChI is InChI=1S/C63H79ClF2N10O10S/c1-40(67-3)60(80)70-57(42-12-6-5-7-13-42)62(81)76-23-11-17-50(76)61-69-49(39-87-61)44-19-20-52(45-15-9-8-14-43(44)45)86-37-36-85-35-34-84-33-32-83-31-30-82-29-28-73(4)53(79)21-22-68-63-71-58-46(59(72-63)75-26-24-74(25-27-75)41(2)77)38-47(64)54(56(58)66)55-48(65)16-10-18-51(55)78/h8-10,14-16,18-20,38-40,42,50,57,67,78H,5-7,11-13,17,21-37H2,1-4H3,(H,70,80)(H,68,71,72)/t40-,50-,57-/m0/s1. The summed E-state index contributed by atoms with van der Waals surface area (Å²) in [5, 5.41) is 24.8. The van der Waals surface area contributed by atoms with Crippen molar-refractivity contribution in [2.75, 3.05) is 130 Å². The third-order valence-electron chi connectivity index (χ3n) is 16.4. The number of likely N-dealkylation sites (N-methyl/N-ethyl adjacent to an activating group) is 2. The first-order valence-electron chi connectivity index (χ1n) is 30.1. The molecular weight excluding hydrogens is 1160 g/mol. The number of nitrogens with zero attached hydrogens (tertiary/aromatic N) is 7. The summed E-state index contributed by atoms with van der Waals surface area (Å²) in [6, 6.07) is 16.1. The number of thiazole rings is 1. The molecule has 1 aliphatic carbocycles. The number of piperazine rings is 1. The molecule has 6 aromatic rings. The van der Waals surface area contributed by atoms with E-state index in [9.17, 15) is 24.3 Å². The average Bonchev–Trinajstić information content (AvgIpc) is 3.34. The fourth-order valence-electron chi connectivity index (χ4n) is 11.4. The third kappa shape index (κ3) is 16.3. The van der Waals surface area contributed by atoms with E-state index < -0.39 is 35.0 Å². The summed E-state index contributed by atoms with van der Waals surface area (Å²) in [6.07, 6.45) is 6.94. The maximum Gasteiger partial charge on any atom is 0.246 e. The van der Waals surface area contributed by atoms with E-state index in [-0.39, 0.29) is 82.6 Å². The Labute approximate surface area is 515 Å². The highest BCUT2D eigenvalue weighted by Crippen LogP contribution is 2.44. The van der Waals surface area contributed by atoms with Crippen molar-refractivity contribution in [2.24, 2.45) is 5.92 Å². The largest absolute Gasteiger partial charge is 0.507 e. The van der Waals surface area contributed by atoms with Crippen molar-refractivity contribution in [3.8, 4) is 33.9 Å². The Morgan fingerprint density at radius 1 is 0.793 bits per heavy atom. The Kier molecular flexibility index (Phi) is 23.3. The second kappa shape index (κ2) is 31.4. The Hall–Kier alpha value is -6.86. The lowest BCUT2D eigenvalue weighted by Gasteiger charge is -2.35. The molecule has 0 spiro atoms. The van der Waals surface area contributed by atoms with Crippen LogP contribution in [0.15, 0.2) is 66.0 Å². The summed E-state index contributed by atoms with van der Waals surface area (Å²) in [5.74, 6) is -1.46. The molecule has 4 aromatic carbocycles. The lowest BCUT2D eigenvalue weighted by Crippen LogP contribution is -2.55. The highest BCUT2D eigenvalue weighted by atomic mass is 35.5. The molecule has 3 atom stereocenters. The number of hydrogen-bond acceptors (Lipinski definition) is 17. The summed E-state index contributed by atoms with van der Waals surface area (Å²) in [6.45, 7) is 9.22. The molecule has 3 fully saturated rings. The van der Waals surface area contributed by atoms with E-state index in [1.165, 1.54) is 25.1 Å². The van der Waals surface area contributed by atoms with E-state index >= 15 is 8.78 Å². The minimum absolute atomic E-state index is 0.00137. The van der Waals surface area contributed by atoms with Gasteiger partial charge < -0.3 is 64.3 Å². The van der Waals surface area contributed by atoms with E-state index in [1.807, 2.05) is 47.1 Å². The SMILES string of the molecule is CN[C@@H](C)C(=O)N[C@H](C(=O)N1CCC[C@H]1c1nc(-c2ccc(OCCOCCOCCOCCOCCN(C)C(=O)CCNc3nc(N4CCN(C(C)=O)CC4)c4cc(Cl)c(-c5c(O)cccc5F)c(F)c4n3)c3ccccc23)cs1)C1CCCCC1. The zero-order valence-corrected chi connectivity index (χ0v) is 51.5. The van der Waals surface area contributed by atoms with Gasteiger partial charge in [-0.3, -0.25) is 19.2 Å². The van der Waals surface area contributed by atoms with Gasteiger partial charge in [0.25, 0.3) is 0 Å². The van der Waals surface area contributed by atoms with Gasteiger partial charge in [0.1, 0.15) is 46.3 Å². The van der Waals surface area contributed by atoms with Crippen molar-refractivity contribution in [3.05, 3.63) is 87.7 Å². The van der Waals surface area contributed by atoms with Crippen LogP contribution in [0.25, 0.3) is 44.1 Å². The van der Waals surface area contributed by atoms with Gasteiger partial charge in [-0.2, -0.15) is 4.98 Å². The van der Waals surface area contributed by atoms with Gasteiger partial charge >= 0.3 is 0 Å². The predicted octanol–water partition coefficient (Wildman–Crippen LogP) is 8.62. The first kappa shape index (κ1) is 64.6. The third-order valence-corrected chi connectivity index (χ3v) is 17.6. The van der Waals surface area contributed by atoms with Gasteiger partial charge in [0.05, 0.1) is 81.2 Å². The van der Waals surface area contributed by atoms with Crippen LogP contribution >= 0.6 is 22.9 Å². The number of fused-ring (bicyclic) bond motifs is 2. The number of likely N-dealkylation sites (tertiary alicyclic amines) is 1. The number of ether oxygens (including phenoxy) is 5. The lowest BCUT2D eigenvalue weighted by molar-refractivity contribution is -0.139. The number of amides is 4. The van der Waals surface area contributed by atoms with Crippen LogP contribution < -0.4 is 25.6 Å². The molecular formula is C63H79ClF2N10O10S. The predicted molar refractivity (Wildman–Crippen MR) is 331 cm³/mol. The molecule has 2 aliphatic heterocycles. The molecule has 2 aromatic heterocycles. The fourth-order valence-corrected chi connectivity index (χ4v) is 12.7. The van der Waals surface area contributed by atoms with Crippen molar-refractivity contribution in [3.63, 3.8) is 0 Å². The molecule has 0 radical (unpaired) electrons. The van der Waals surface area contributed by atoms with Crippen LogP contribution in [0.4, 0.5) is 20.5 Å². The number of carbonyl (C=O) groups is 4. The summed E-state index contributed by atoms with van der Waals surface area (Å²) in [5.41, 5.74) is 0.927. The lowest BCUT2D eigenvalue weighted by atomic mass is 9.83. The molecule has 87 heavy (non-hydrogen) atoms. The minimum atomic E-state index is -0.951. The van der Waals surface area contributed by atoms with Crippen molar-refractivity contribution >= 4 is 80.0 Å². The maximum atomic E-state index is 16.5. The van der Waals surface area contributed by atoms with Crippen LogP contribution in [0.1, 0.15) is 76.3 Å². The molecule has 0 unspecified atom stereocenters. The molecule has 20 nitrogen and oxygen atoms in total. The number of rotatable bonds is 29. The van der Waals surface area contributed by atoms with E-state index in [1.54, 1.807) is 35.2 Å². The number of carbonyl (C=O) groups excluding carboxylic acids is 4. The monoisotopic (exact) mass is 1240 g/mol. The van der Waals surface area contributed by atoms with E-state index in [0.717, 1.165) is 83.8 Å². The maximum absolute atomic E-state index is 16.5. The molecule has 2 saturated heterocycles. The number of benzene rings is 4. The van der Waals surface area contributed by atoms with Crippen molar-refractivity contribution < 1.29 is 56.7 Å². The van der Waals surface area contributed by atoms with Crippen LogP contribution in [0.3, 0.4) is 0 Å². The van der Waals surface area contributed by atoms with Crippen LogP contribution in [0.2, 0.25) is 5.02 Å². The first-order chi connectivity index (χ1) is 42.2. The molecule has 3 aliphatic rings. The summed E-state index contributed by atoms with van der Waals surface area (Å²) in [4.78, 5) is 74.0. The van der Waals surface area contributed by atoms with E-state index in [4.69, 9.17) is 45.3 Å². The Morgan fingerprint density at radius 3 is 2.17 bits per heavy atom. The minimum Gasteiger partial charge on any atom is -0.507 e. The smallest absolute Gasteiger partial charge is 0.246 e. The number of aromatic nitrogens is 3. The summed E-state index contributed by atoms with van der Waals surface area (Å²) in [7, 11) is 3.42. The summed E-state index contributed by atoms with van der Waals surface area (Å²) < 4.78 is 60.6. The number of anilines is 2. The van der Waals surface area contributed by atoms with Gasteiger partial charge in [0, 0.05) is 93.5 Å². The molecule has 9 rings (SSSR count). The topological polar surface area (TPSA) is 222 Å². The zero-order chi connectivity index (χ0) is 61.4. The van der Waals surface area contributed by atoms with Crippen molar-refractivity contribution in [2.45, 2.75) is 83.3 Å². The van der Waals surface area contributed by atoms with E-state index in [2.05, 4.69) is 32.4 Å². The van der Waals surface area contributed by atoms with Gasteiger partial charge in [-0.1, -0.05) is 61.2 Å². The molecule has 468 valence electrons. The number of phenolic OH excluding ortho intramolecular Hbond substituents is 1. The second-order valence-electron chi connectivity index (χ2n) is 22.0. The van der Waals surface area contributed by atoms with Gasteiger partial charge in [-0.15, -0.1) is 11.3 Å². The molecule has 0 bridgehead atoms. The number of hydrogen-bond donors (Lipinski definition) is 4. The van der Waals surface area contributed by atoms with Gasteiger partial charge in [0.2, 0.25) is 29.6 Å². The first-order valence-corrected chi connectivity index (χ1v) is 31.3. The molecule has 24 heteroatoms. The van der Waals surface area contributed by atoms with Crippen molar-refractivity contribution in [1.82, 2.24) is 40.3 Å². The Bertz CT molecular complexity index is 3310. The highest BCUT2D eigenvalue weighted by Gasteiger charge is 2.40. The van der Waals surface area contributed by atoms with Crippen LogP contribution in [0.5, 0.6) is 11.5 Å². The number of halogens is 3. The Balaban J connectivity index is 0.649. The molecule has 4 N–H and O–H groups in total. The normalized spacial score (nSPS) is 16.4. The fraction of sp³-hybridized carbons (Fsp3) is 0.508. The van der Waals surface area contributed by atoms with Crippen LogP contribution in [-0.2, 0) is 38.1 Å². The van der Waals surface area contributed by atoms with Crippen LogP contribution in [0, 0.1) is 17.6 Å². The van der Waals surface area contributed by atoms with Crippen molar-refractivity contribution in [1.29, 1.82) is 0 Å². The van der Waals surface area contributed by atoms with Gasteiger partial charge in [-0.25, -0.2) is 18.7 Å². The quantitative estimate of drug-likeness (QED) is 0.0323. The summed E-state index contributed by atoms with van der Waals surface area (Å²) >= 11 is 8.16. The number of aromatic hydroxyl groups is 1. The van der Waals surface area contributed by atoms with Crippen LogP contribution in [-0.4, -0.2) is 190 Å². The Morgan fingerprint density at radius 2 is 1.48 bits per heavy atom. The number of phenols is 1. The van der Waals surface area contributed by atoms with Gasteiger partial charge in [-0.05, 0) is 81.3 Å². The zero-order valence-electron chi connectivity index (χ0n) is 49.9. The molecule has 1 saturated carbocycles. The number of nitrogens with one attached hydrogen (secondary N) is 3. The molecule has 4 heterocycles. The molecule has 4 amide bonds. The second-order valence-corrected chi connectivity index (χ2v) is 23.3. The highest BCUT2D eigenvalue weighted by molar-refractivity contribution is 7.10. The van der Waals surface area contributed by atoms with Gasteiger partial charge in [0.15, 0.2) is 5.82 Å².